The summed E-state index contributed by atoms with van der Waals surface area (Å²) in [7, 11) is 0. The molecule has 2 heterocycles. The number of carbonyl (C=O) groups is 10. The van der Waals surface area contributed by atoms with E-state index in [0.717, 1.165) is 0 Å². The molecule has 350 valence electrons. The summed E-state index contributed by atoms with van der Waals surface area (Å²) in [5, 5.41) is 53.7. The third-order valence-corrected chi connectivity index (χ3v) is 9.19. The normalized spacial score (nSPS) is 12.6. The molecule has 0 aliphatic carbocycles. The van der Waals surface area contributed by atoms with Gasteiger partial charge < -0.3 is 63.4 Å². The molecule has 0 aliphatic rings. The Morgan fingerprint density at radius 2 is 1.22 bits per heavy atom. The minimum atomic E-state index is -1.86. The first-order valence-electron chi connectivity index (χ1n) is 19.4. The number of benzene rings is 1. The van der Waals surface area contributed by atoms with Crippen molar-refractivity contribution >= 4 is 94.7 Å². The van der Waals surface area contributed by atoms with Crippen molar-refractivity contribution in [3.63, 3.8) is 0 Å². The zero-order chi connectivity index (χ0) is 48.2. The Morgan fingerprint density at radius 1 is 0.677 bits per heavy atom. The maximum absolute atomic E-state index is 13.7. The van der Waals surface area contributed by atoms with Gasteiger partial charge in [0, 0.05) is 42.9 Å². The Balaban J connectivity index is 1.72. The number of carboxylic acids is 4. The van der Waals surface area contributed by atoms with Crippen LogP contribution in [-0.4, -0.2) is 143 Å². The van der Waals surface area contributed by atoms with Crippen LogP contribution in [0.1, 0.15) is 61.0 Å². The number of carbonyl (C=O) groups excluding carboxylic acids is 6. The summed E-state index contributed by atoms with van der Waals surface area (Å²) in [5.74, 6) is -11.8. The van der Waals surface area contributed by atoms with Gasteiger partial charge in [-0.3, -0.25) is 48.1 Å². The number of thiol groups is 1. The lowest BCUT2D eigenvalue weighted by Gasteiger charge is -2.25. The number of aliphatic carboxylic acids is 4. The van der Waals surface area contributed by atoms with Gasteiger partial charge in [-0.15, -0.1) is 0 Å². The molecule has 0 radical (unpaired) electrons. The summed E-state index contributed by atoms with van der Waals surface area (Å²) in [6, 6.07) is -1.01. The first kappa shape index (κ1) is 51.4. The van der Waals surface area contributed by atoms with Crippen LogP contribution in [0.15, 0.2) is 35.3 Å². The van der Waals surface area contributed by atoms with Gasteiger partial charge in [0.1, 0.15) is 24.2 Å². The maximum atomic E-state index is 13.7. The number of aromatic nitrogens is 4. The van der Waals surface area contributed by atoms with Gasteiger partial charge in [-0.1, -0.05) is 0 Å². The van der Waals surface area contributed by atoms with E-state index in [4.69, 9.17) is 15.9 Å². The Hall–Kier alpha value is -7.91. The van der Waals surface area contributed by atoms with Crippen LogP contribution in [0.25, 0.3) is 11.2 Å². The van der Waals surface area contributed by atoms with Crippen LogP contribution in [-0.2, 0) is 49.7 Å². The average Bonchev–Trinajstić information content (AvgIpc) is 3.24. The molecule has 65 heavy (non-hydrogen) atoms. The number of nitrogens with zero attached hydrogens (tertiary/aromatic N) is 3. The summed E-state index contributed by atoms with van der Waals surface area (Å²) in [6.07, 6.45) is -2.26. The van der Waals surface area contributed by atoms with Crippen molar-refractivity contribution in [3.8, 4) is 0 Å². The molecule has 0 saturated carbocycles. The Labute approximate surface area is 371 Å². The quantitative estimate of drug-likeness (QED) is 0.0333. The van der Waals surface area contributed by atoms with Gasteiger partial charge in [-0.05, 0) is 37.1 Å². The lowest BCUT2D eigenvalue weighted by atomic mass is 10.1. The Morgan fingerprint density at radius 3 is 1.74 bits per heavy atom. The standard InChI is InChI=1S/C37H46N12O15S/c38-37-48-30-29(34(60)49-37)43-19(15-42-30)14-41-18-3-1-17(2-4-18)31(57)46-22(35(61)62)13-26(52)44-20(9-11-39-24(50)5-7-27(53)54)32(58)45-21(33(59)47-23(16-65)36(63)64)10-12-40-25(51)6-8-28(55)56/h1-4,15,20-23,41,65H,5-14,16H2,(H,39,50)(H,40,51)(H,44,52)(H,45,58)(H,46,57)(H,47,59)(H,53,54)(H,55,56)(H,61,62)(H,63,64)(H3,38,42,48,49,60)/t20-,21-,22-,23-/m1/s1. The van der Waals surface area contributed by atoms with Crippen molar-refractivity contribution in [2.75, 3.05) is 29.9 Å². The highest BCUT2D eigenvalue weighted by atomic mass is 32.1. The highest BCUT2D eigenvalue weighted by Crippen LogP contribution is 2.13. The van der Waals surface area contributed by atoms with Crippen LogP contribution in [0, 0.1) is 0 Å². The second kappa shape index (κ2) is 25.3. The molecule has 3 aromatic rings. The fraction of sp³-hybridized carbons (Fsp3) is 0.405. The van der Waals surface area contributed by atoms with Crippen molar-refractivity contribution in [2.24, 2.45) is 0 Å². The fourth-order valence-electron chi connectivity index (χ4n) is 5.47. The second-order valence-corrected chi connectivity index (χ2v) is 14.2. The van der Waals surface area contributed by atoms with Crippen molar-refractivity contribution in [1.82, 2.24) is 51.8 Å². The molecule has 0 fully saturated rings. The van der Waals surface area contributed by atoms with Gasteiger partial charge in [0.05, 0.1) is 37.7 Å². The van der Waals surface area contributed by atoms with E-state index in [1.807, 2.05) is 0 Å². The van der Waals surface area contributed by atoms with Gasteiger partial charge in [-0.2, -0.15) is 17.6 Å². The maximum Gasteiger partial charge on any atom is 0.327 e. The molecular weight excluding hydrogens is 885 g/mol. The van der Waals surface area contributed by atoms with Crippen molar-refractivity contribution in [2.45, 2.75) is 75.7 Å². The van der Waals surface area contributed by atoms with Gasteiger partial charge in [0.15, 0.2) is 11.2 Å². The number of aromatic amines is 1. The van der Waals surface area contributed by atoms with Crippen molar-refractivity contribution in [1.29, 1.82) is 0 Å². The second-order valence-electron chi connectivity index (χ2n) is 13.8. The number of anilines is 2. The average molecular weight is 931 g/mol. The third-order valence-electron chi connectivity index (χ3n) is 8.82. The Bertz CT molecular complexity index is 2330. The monoisotopic (exact) mass is 930 g/mol. The molecule has 0 saturated heterocycles. The topological polar surface area (TPSA) is 433 Å². The summed E-state index contributed by atoms with van der Waals surface area (Å²) < 4.78 is 0. The van der Waals surface area contributed by atoms with E-state index in [9.17, 15) is 63.0 Å². The minimum Gasteiger partial charge on any atom is -0.481 e. The van der Waals surface area contributed by atoms with Crippen LogP contribution < -0.4 is 48.5 Å². The smallest absolute Gasteiger partial charge is 0.327 e. The molecule has 0 spiro atoms. The number of carboxylic acid groups (broad SMARTS) is 4. The van der Waals surface area contributed by atoms with Crippen LogP contribution in [0.5, 0.6) is 0 Å². The summed E-state index contributed by atoms with van der Waals surface area (Å²) >= 11 is 3.89. The molecule has 0 unspecified atom stereocenters. The number of hydrogen-bond donors (Lipinski definition) is 14. The molecule has 27 nitrogen and oxygen atoms in total. The number of amides is 6. The third kappa shape index (κ3) is 17.8. The minimum absolute atomic E-state index is 0.0238. The first-order valence-corrected chi connectivity index (χ1v) is 20.0. The van der Waals surface area contributed by atoms with E-state index >= 15 is 0 Å². The predicted molar refractivity (Wildman–Crippen MR) is 226 cm³/mol. The molecular formula is C37H46N12O15S. The lowest BCUT2D eigenvalue weighted by molar-refractivity contribution is -0.142. The molecule has 2 aromatic heterocycles. The number of nitrogens with two attached hydrogens (primary N) is 1. The van der Waals surface area contributed by atoms with E-state index in [0.29, 0.717) is 11.4 Å². The van der Waals surface area contributed by atoms with Crippen LogP contribution >= 0.6 is 12.6 Å². The van der Waals surface area contributed by atoms with Gasteiger partial charge in [0.25, 0.3) is 11.5 Å². The lowest BCUT2D eigenvalue weighted by Crippen LogP contribution is -2.57. The van der Waals surface area contributed by atoms with E-state index in [1.165, 1.54) is 30.5 Å². The van der Waals surface area contributed by atoms with E-state index in [-0.39, 0.29) is 54.5 Å². The van der Waals surface area contributed by atoms with E-state index in [2.05, 4.69) is 69.8 Å². The van der Waals surface area contributed by atoms with Gasteiger partial charge >= 0.3 is 23.9 Å². The highest BCUT2D eigenvalue weighted by molar-refractivity contribution is 7.80. The predicted octanol–water partition coefficient (Wildman–Crippen LogP) is -3.31. The number of nitrogen functional groups attached to an aromatic ring is 1. The fourth-order valence-corrected chi connectivity index (χ4v) is 5.71. The SMILES string of the molecule is Nc1nc2ncc(CNc3ccc(C(=O)N[C@H](CC(=O)N[C@H](CCNC(=O)CCC(=O)O)C(=O)N[C@H](CCNC(=O)CCC(=O)O)C(=O)N[C@H](CS)C(=O)O)C(=O)O)cc3)nc2c(=O)[nH]1. The van der Waals surface area contributed by atoms with E-state index < -0.39 is 128 Å². The van der Waals surface area contributed by atoms with Gasteiger partial charge in [0.2, 0.25) is 35.5 Å². The molecule has 14 N–H and O–H groups in total. The zero-order valence-corrected chi connectivity index (χ0v) is 35.0. The molecule has 6 amide bonds. The summed E-state index contributed by atoms with van der Waals surface area (Å²) in [4.78, 5) is 150. The van der Waals surface area contributed by atoms with Crippen molar-refractivity contribution < 1.29 is 68.4 Å². The van der Waals surface area contributed by atoms with E-state index in [1.54, 1.807) is 0 Å². The summed E-state index contributed by atoms with van der Waals surface area (Å²) in [6.45, 7) is -0.599. The number of rotatable bonds is 27. The van der Waals surface area contributed by atoms with Gasteiger partial charge in [-0.25, -0.2) is 19.6 Å². The zero-order valence-electron chi connectivity index (χ0n) is 34.1. The number of hydrogen-bond acceptors (Lipinski definition) is 17. The number of fused-ring (bicyclic) bond motifs is 1. The molecule has 3 rings (SSSR count). The molecule has 1 aromatic carbocycles. The number of H-pyrrole nitrogens is 1. The first-order chi connectivity index (χ1) is 30.8. The van der Waals surface area contributed by atoms with Crippen LogP contribution in [0.3, 0.4) is 0 Å². The Kier molecular flexibility index (Phi) is 20.0. The molecule has 4 atom stereocenters. The molecule has 0 aliphatic heterocycles. The summed E-state index contributed by atoms with van der Waals surface area (Å²) in [5.41, 5.74) is 5.77. The van der Waals surface area contributed by atoms with Crippen LogP contribution in [0.4, 0.5) is 11.6 Å². The number of nitrogens with one attached hydrogen (secondary N) is 8. The molecule has 0 bridgehead atoms. The van der Waals surface area contributed by atoms with Crippen molar-refractivity contribution in [3.05, 3.63) is 52.1 Å². The molecule has 28 heteroatoms. The van der Waals surface area contributed by atoms with Crippen LogP contribution in [0.2, 0.25) is 0 Å². The largest absolute Gasteiger partial charge is 0.481 e. The highest BCUT2D eigenvalue weighted by Gasteiger charge is 2.31.